The number of halogens is 1. The molecule has 1 aliphatic heterocycles. The third-order valence-electron chi connectivity index (χ3n) is 2.39. The summed E-state index contributed by atoms with van der Waals surface area (Å²) in [6.07, 6.45) is 5.57. The van der Waals surface area contributed by atoms with Crippen molar-refractivity contribution in [3.63, 3.8) is 0 Å². The highest BCUT2D eigenvalue weighted by atomic mass is 79.9. The van der Waals surface area contributed by atoms with E-state index in [0.717, 1.165) is 26.1 Å². The van der Waals surface area contributed by atoms with Crippen LogP contribution in [0.3, 0.4) is 0 Å². The Morgan fingerprint density at radius 3 is 2.93 bits per heavy atom. The van der Waals surface area contributed by atoms with Gasteiger partial charge in [0.05, 0.1) is 13.2 Å². The minimum Gasteiger partial charge on any atom is -0.350 e. The highest BCUT2D eigenvalue weighted by Crippen LogP contribution is 2.28. The maximum Gasteiger partial charge on any atom is 0.157 e. The Bertz CT molecular complexity index is 288. The number of aromatic nitrogens is 1. The van der Waals surface area contributed by atoms with Crippen LogP contribution in [0.25, 0.3) is 0 Å². The van der Waals surface area contributed by atoms with Crippen molar-refractivity contribution in [2.45, 2.75) is 24.0 Å². The second-order valence-electron chi connectivity index (χ2n) is 3.50. The van der Waals surface area contributed by atoms with Crippen molar-refractivity contribution in [3.05, 3.63) is 30.1 Å². The standard InChI is InChI=1S/C11H14BrNO2/c12-10(9-2-1-5-13-8-9)3-4-11-14-6-7-15-11/h1-2,5,8,10-11H,3-4,6-7H2. The van der Waals surface area contributed by atoms with Gasteiger partial charge in [0.2, 0.25) is 0 Å². The molecule has 1 atom stereocenters. The molecular weight excluding hydrogens is 258 g/mol. The topological polar surface area (TPSA) is 31.4 Å². The number of hydrogen-bond acceptors (Lipinski definition) is 3. The van der Waals surface area contributed by atoms with Crippen LogP contribution in [0.4, 0.5) is 0 Å². The van der Waals surface area contributed by atoms with Gasteiger partial charge in [0.1, 0.15) is 0 Å². The average Bonchev–Trinajstić information content (AvgIpc) is 2.80. The molecule has 4 heteroatoms. The minimum atomic E-state index is -0.0123. The van der Waals surface area contributed by atoms with E-state index in [2.05, 4.69) is 27.0 Å². The summed E-state index contributed by atoms with van der Waals surface area (Å²) in [4.78, 5) is 4.43. The molecule has 0 aromatic carbocycles. The zero-order valence-electron chi connectivity index (χ0n) is 8.43. The van der Waals surface area contributed by atoms with Gasteiger partial charge in [-0.1, -0.05) is 22.0 Å². The maximum atomic E-state index is 5.38. The van der Waals surface area contributed by atoms with Crippen LogP contribution in [-0.4, -0.2) is 24.5 Å². The van der Waals surface area contributed by atoms with Gasteiger partial charge in [0, 0.05) is 17.2 Å². The minimum absolute atomic E-state index is 0.0123. The van der Waals surface area contributed by atoms with Gasteiger partial charge in [0.25, 0.3) is 0 Å². The Labute approximate surface area is 97.9 Å². The molecule has 0 radical (unpaired) electrons. The molecule has 15 heavy (non-hydrogen) atoms. The second kappa shape index (κ2) is 5.58. The van der Waals surface area contributed by atoms with Crippen LogP contribution < -0.4 is 0 Å². The van der Waals surface area contributed by atoms with Crippen molar-refractivity contribution in [1.82, 2.24) is 4.98 Å². The maximum absolute atomic E-state index is 5.38. The van der Waals surface area contributed by atoms with Crippen molar-refractivity contribution in [2.75, 3.05) is 13.2 Å². The third-order valence-corrected chi connectivity index (χ3v) is 3.38. The summed E-state index contributed by atoms with van der Waals surface area (Å²) in [6, 6.07) is 4.02. The van der Waals surface area contributed by atoms with Crippen LogP contribution in [0.5, 0.6) is 0 Å². The largest absolute Gasteiger partial charge is 0.350 e. The summed E-state index contributed by atoms with van der Waals surface area (Å²) in [7, 11) is 0. The summed E-state index contributed by atoms with van der Waals surface area (Å²) in [5.74, 6) is 0. The molecule has 1 unspecified atom stereocenters. The molecule has 1 fully saturated rings. The fourth-order valence-corrected chi connectivity index (χ4v) is 2.12. The Hall–Kier alpha value is -0.450. The van der Waals surface area contributed by atoms with Crippen LogP contribution in [0, 0.1) is 0 Å². The quantitative estimate of drug-likeness (QED) is 0.790. The van der Waals surface area contributed by atoms with Crippen LogP contribution in [-0.2, 0) is 9.47 Å². The van der Waals surface area contributed by atoms with Crippen LogP contribution in [0.2, 0.25) is 0 Å². The van der Waals surface area contributed by atoms with Gasteiger partial charge in [-0.05, 0) is 24.5 Å². The van der Waals surface area contributed by atoms with Gasteiger partial charge < -0.3 is 9.47 Å². The summed E-state index contributed by atoms with van der Waals surface area (Å²) in [5.41, 5.74) is 1.20. The van der Waals surface area contributed by atoms with Gasteiger partial charge in [-0.25, -0.2) is 0 Å². The molecule has 0 amide bonds. The lowest BCUT2D eigenvalue weighted by Crippen LogP contribution is -2.08. The molecule has 1 aromatic rings. The summed E-state index contributed by atoms with van der Waals surface area (Å²) >= 11 is 3.64. The van der Waals surface area contributed by atoms with E-state index < -0.39 is 0 Å². The van der Waals surface area contributed by atoms with Crippen molar-refractivity contribution < 1.29 is 9.47 Å². The number of hydrogen-bond donors (Lipinski definition) is 0. The average molecular weight is 272 g/mol. The van der Waals surface area contributed by atoms with Crippen LogP contribution in [0.1, 0.15) is 23.2 Å². The predicted octanol–water partition coefficient (Wildman–Crippen LogP) is 2.67. The zero-order chi connectivity index (χ0) is 10.5. The van der Waals surface area contributed by atoms with E-state index in [1.54, 1.807) is 6.20 Å². The normalized spacial score (nSPS) is 19.3. The molecule has 2 rings (SSSR count). The zero-order valence-corrected chi connectivity index (χ0v) is 10.0. The van der Waals surface area contributed by atoms with Gasteiger partial charge in [-0.3, -0.25) is 4.98 Å². The first kappa shape index (κ1) is 11.0. The van der Waals surface area contributed by atoms with E-state index in [1.807, 2.05) is 12.3 Å². The lowest BCUT2D eigenvalue weighted by molar-refractivity contribution is -0.0476. The molecule has 1 aliphatic rings. The van der Waals surface area contributed by atoms with E-state index in [1.165, 1.54) is 5.56 Å². The van der Waals surface area contributed by atoms with Crippen LogP contribution in [0.15, 0.2) is 24.5 Å². The molecule has 82 valence electrons. The smallest absolute Gasteiger partial charge is 0.157 e. The van der Waals surface area contributed by atoms with E-state index in [-0.39, 0.29) is 6.29 Å². The SMILES string of the molecule is BrC(CCC1OCCO1)c1cccnc1. The Morgan fingerprint density at radius 2 is 2.27 bits per heavy atom. The van der Waals surface area contributed by atoms with Gasteiger partial charge >= 0.3 is 0 Å². The molecule has 2 heterocycles. The Kier molecular flexibility index (Phi) is 4.11. The fourth-order valence-electron chi connectivity index (χ4n) is 1.58. The van der Waals surface area contributed by atoms with Gasteiger partial charge in [-0.2, -0.15) is 0 Å². The molecule has 1 saturated heterocycles. The molecule has 0 N–H and O–H groups in total. The van der Waals surface area contributed by atoms with E-state index in [9.17, 15) is 0 Å². The van der Waals surface area contributed by atoms with E-state index in [0.29, 0.717) is 4.83 Å². The highest BCUT2D eigenvalue weighted by molar-refractivity contribution is 9.09. The molecule has 0 saturated carbocycles. The Balaban J connectivity index is 1.79. The van der Waals surface area contributed by atoms with E-state index in [4.69, 9.17) is 9.47 Å². The molecule has 3 nitrogen and oxygen atoms in total. The monoisotopic (exact) mass is 271 g/mol. The molecule has 0 bridgehead atoms. The lowest BCUT2D eigenvalue weighted by Gasteiger charge is -2.12. The number of ether oxygens (including phenoxy) is 2. The summed E-state index contributed by atoms with van der Waals surface area (Å²) in [5, 5.41) is 0. The lowest BCUT2D eigenvalue weighted by atomic mass is 10.1. The Morgan fingerprint density at radius 1 is 1.47 bits per heavy atom. The molecule has 1 aromatic heterocycles. The number of nitrogens with zero attached hydrogens (tertiary/aromatic N) is 1. The van der Waals surface area contributed by atoms with Crippen molar-refractivity contribution in [3.8, 4) is 0 Å². The van der Waals surface area contributed by atoms with Crippen LogP contribution >= 0.6 is 15.9 Å². The number of pyridine rings is 1. The first-order valence-corrected chi connectivity index (χ1v) is 6.05. The number of rotatable bonds is 4. The third kappa shape index (κ3) is 3.26. The summed E-state index contributed by atoms with van der Waals surface area (Å²) < 4.78 is 10.8. The first-order valence-electron chi connectivity index (χ1n) is 5.13. The molecule has 0 aliphatic carbocycles. The van der Waals surface area contributed by atoms with Crippen molar-refractivity contribution in [2.24, 2.45) is 0 Å². The van der Waals surface area contributed by atoms with Crippen molar-refractivity contribution >= 4 is 15.9 Å². The van der Waals surface area contributed by atoms with E-state index >= 15 is 0 Å². The van der Waals surface area contributed by atoms with Gasteiger partial charge in [0.15, 0.2) is 6.29 Å². The first-order chi connectivity index (χ1) is 7.36. The second-order valence-corrected chi connectivity index (χ2v) is 4.61. The predicted molar refractivity (Wildman–Crippen MR) is 60.8 cm³/mol. The molecular formula is C11H14BrNO2. The molecule has 0 spiro atoms. The number of alkyl halides is 1. The fraction of sp³-hybridized carbons (Fsp3) is 0.545. The highest BCUT2D eigenvalue weighted by Gasteiger charge is 2.17. The summed E-state index contributed by atoms with van der Waals surface area (Å²) in [6.45, 7) is 1.45. The van der Waals surface area contributed by atoms with Crippen molar-refractivity contribution in [1.29, 1.82) is 0 Å². The van der Waals surface area contributed by atoms with Gasteiger partial charge in [-0.15, -0.1) is 0 Å².